The number of ketones is 2. The summed E-state index contributed by atoms with van der Waals surface area (Å²) < 4.78 is 24.0. The molecule has 0 atom stereocenters. The topological polar surface area (TPSA) is 52.6 Å². The van der Waals surface area contributed by atoms with Gasteiger partial charge in [-0.2, -0.15) is 0 Å². The van der Waals surface area contributed by atoms with E-state index in [9.17, 15) is 14.0 Å². The van der Waals surface area contributed by atoms with Gasteiger partial charge in [-0.15, -0.1) is 0 Å². The second-order valence-electron chi connectivity index (χ2n) is 5.78. The standard InChI is InChI=1S/C22H17FO4/c1-26-21-12-9-17(13-19(21)23)20(24)14-27-18-10-7-16(8-11-18)22(25)15-5-3-2-4-6-15/h2-13H,14H2,1H3. The van der Waals surface area contributed by atoms with Crippen LogP contribution in [-0.2, 0) is 0 Å². The Kier molecular flexibility index (Phi) is 5.61. The van der Waals surface area contributed by atoms with Crippen LogP contribution in [0.1, 0.15) is 26.3 Å². The number of hydrogen-bond acceptors (Lipinski definition) is 4. The summed E-state index contributed by atoms with van der Waals surface area (Å²) in [5.41, 5.74) is 1.32. The van der Waals surface area contributed by atoms with Crippen molar-refractivity contribution >= 4 is 11.6 Å². The number of carbonyl (C=O) groups is 2. The molecular weight excluding hydrogens is 347 g/mol. The molecule has 0 amide bonds. The van der Waals surface area contributed by atoms with E-state index in [-0.39, 0.29) is 29.5 Å². The molecule has 0 saturated heterocycles. The Hall–Kier alpha value is -3.47. The van der Waals surface area contributed by atoms with Crippen LogP contribution in [-0.4, -0.2) is 25.3 Å². The highest BCUT2D eigenvalue weighted by atomic mass is 19.1. The third kappa shape index (κ3) is 4.39. The molecule has 0 aliphatic heterocycles. The van der Waals surface area contributed by atoms with Gasteiger partial charge >= 0.3 is 0 Å². The minimum Gasteiger partial charge on any atom is -0.494 e. The van der Waals surface area contributed by atoms with Crippen molar-refractivity contribution in [2.24, 2.45) is 0 Å². The molecule has 5 heteroatoms. The molecule has 4 nitrogen and oxygen atoms in total. The molecule has 0 N–H and O–H groups in total. The lowest BCUT2D eigenvalue weighted by Gasteiger charge is -2.08. The fourth-order valence-electron chi connectivity index (χ4n) is 2.53. The first-order valence-electron chi connectivity index (χ1n) is 8.28. The summed E-state index contributed by atoms with van der Waals surface area (Å²) in [6.45, 7) is -0.238. The van der Waals surface area contributed by atoms with Crippen LogP contribution in [0.25, 0.3) is 0 Å². The van der Waals surface area contributed by atoms with Gasteiger partial charge in [0.05, 0.1) is 7.11 Å². The molecule has 136 valence electrons. The Balaban J connectivity index is 1.62. The predicted molar refractivity (Wildman–Crippen MR) is 99.1 cm³/mol. The smallest absolute Gasteiger partial charge is 0.200 e. The molecule has 0 aliphatic rings. The zero-order chi connectivity index (χ0) is 19.2. The molecule has 3 aromatic rings. The highest BCUT2D eigenvalue weighted by Gasteiger charge is 2.12. The minimum atomic E-state index is -0.605. The first-order chi connectivity index (χ1) is 13.1. The molecule has 0 unspecified atom stereocenters. The van der Waals surface area contributed by atoms with Crippen molar-refractivity contribution in [2.45, 2.75) is 0 Å². The Bertz CT molecular complexity index is 950. The van der Waals surface area contributed by atoms with Crippen molar-refractivity contribution in [3.8, 4) is 11.5 Å². The lowest BCUT2D eigenvalue weighted by molar-refractivity contribution is 0.0920. The maximum Gasteiger partial charge on any atom is 0.200 e. The van der Waals surface area contributed by atoms with Gasteiger partial charge in [-0.1, -0.05) is 30.3 Å². The van der Waals surface area contributed by atoms with Crippen molar-refractivity contribution in [1.29, 1.82) is 0 Å². The van der Waals surface area contributed by atoms with E-state index in [0.29, 0.717) is 16.9 Å². The number of Topliss-reactive ketones (excluding diaryl/α,β-unsaturated/α-hetero) is 1. The first kappa shape index (κ1) is 18.3. The van der Waals surface area contributed by atoms with Crippen LogP contribution in [0.5, 0.6) is 11.5 Å². The zero-order valence-corrected chi connectivity index (χ0v) is 14.6. The van der Waals surface area contributed by atoms with E-state index >= 15 is 0 Å². The van der Waals surface area contributed by atoms with E-state index in [1.807, 2.05) is 6.07 Å². The number of ether oxygens (including phenoxy) is 2. The molecule has 0 saturated carbocycles. The van der Waals surface area contributed by atoms with Crippen LogP contribution in [0, 0.1) is 5.82 Å². The van der Waals surface area contributed by atoms with Gasteiger partial charge < -0.3 is 9.47 Å². The van der Waals surface area contributed by atoms with Crippen LogP contribution in [0.4, 0.5) is 4.39 Å². The van der Waals surface area contributed by atoms with Crippen molar-refractivity contribution in [3.63, 3.8) is 0 Å². The average Bonchev–Trinajstić information content (AvgIpc) is 2.72. The molecule has 0 aliphatic carbocycles. The van der Waals surface area contributed by atoms with E-state index in [0.717, 1.165) is 6.07 Å². The van der Waals surface area contributed by atoms with E-state index in [1.165, 1.54) is 19.2 Å². The summed E-state index contributed by atoms with van der Waals surface area (Å²) in [7, 11) is 1.36. The molecule has 0 fully saturated rings. The first-order valence-corrected chi connectivity index (χ1v) is 8.28. The Morgan fingerprint density at radius 2 is 1.48 bits per heavy atom. The summed E-state index contributed by atoms with van der Waals surface area (Å²) in [6.07, 6.45) is 0. The maximum atomic E-state index is 13.7. The lowest BCUT2D eigenvalue weighted by atomic mass is 10.0. The monoisotopic (exact) mass is 364 g/mol. The van der Waals surface area contributed by atoms with Crippen molar-refractivity contribution in [3.05, 3.63) is 95.3 Å². The van der Waals surface area contributed by atoms with Crippen LogP contribution in [0.15, 0.2) is 72.8 Å². The third-order valence-corrected chi connectivity index (χ3v) is 4.00. The molecule has 3 aromatic carbocycles. The van der Waals surface area contributed by atoms with Crippen LogP contribution in [0.3, 0.4) is 0 Å². The molecule has 0 aromatic heterocycles. The summed E-state index contributed by atoms with van der Waals surface area (Å²) in [5.74, 6) is -0.534. The van der Waals surface area contributed by atoms with Crippen LogP contribution in [0.2, 0.25) is 0 Å². The van der Waals surface area contributed by atoms with E-state index in [2.05, 4.69) is 0 Å². The number of carbonyl (C=O) groups excluding carboxylic acids is 2. The Labute approximate surface area is 156 Å². The lowest BCUT2D eigenvalue weighted by Crippen LogP contribution is -2.12. The van der Waals surface area contributed by atoms with Gasteiger partial charge in [-0.05, 0) is 42.5 Å². The summed E-state index contributed by atoms with van der Waals surface area (Å²) in [6, 6.07) is 19.5. The summed E-state index contributed by atoms with van der Waals surface area (Å²) in [5, 5.41) is 0. The van der Waals surface area contributed by atoms with E-state index in [1.54, 1.807) is 48.5 Å². The Morgan fingerprint density at radius 3 is 2.11 bits per heavy atom. The zero-order valence-electron chi connectivity index (χ0n) is 14.6. The van der Waals surface area contributed by atoms with Crippen LogP contribution < -0.4 is 9.47 Å². The van der Waals surface area contributed by atoms with Crippen molar-refractivity contribution in [1.82, 2.24) is 0 Å². The maximum absolute atomic E-state index is 13.7. The largest absolute Gasteiger partial charge is 0.494 e. The quantitative estimate of drug-likeness (QED) is 0.586. The van der Waals surface area contributed by atoms with E-state index < -0.39 is 5.82 Å². The molecular formula is C22H17FO4. The van der Waals surface area contributed by atoms with Gasteiger partial charge in [-0.25, -0.2) is 4.39 Å². The SMILES string of the molecule is COc1ccc(C(=O)COc2ccc(C(=O)c3ccccc3)cc2)cc1F. The number of halogens is 1. The second-order valence-corrected chi connectivity index (χ2v) is 5.78. The normalized spacial score (nSPS) is 10.3. The highest BCUT2D eigenvalue weighted by molar-refractivity contribution is 6.09. The average molecular weight is 364 g/mol. The van der Waals surface area contributed by atoms with Gasteiger partial charge in [-0.3, -0.25) is 9.59 Å². The van der Waals surface area contributed by atoms with Gasteiger partial charge in [0.15, 0.2) is 29.7 Å². The van der Waals surface area contributed by atoms with Gasteiger partial charge in [0.2, 0.25) is 0 Å². The number of methoxy groups -OCH3 is 1. The van der Waals surface area contributed by atoms with Crippen molar-refractivity contribution in [2.75, 3.05) is 13.7 Å². The molecule has 3 rings (SSSR count). The fraction of sp³-hybridized carbons (Fsp3) is 0.0909. The van der Waals surface area contributed by atoms with Crippen molar-refractivity contribution < 1.29 is 23.5 Å². The summed E-state index contributed by atoms with van der Waals surface area (Å²) >= 11 is 0. The van der Waals surface area contributed by atoms with Crippen LogP contribution >= 0.6 is 0 Å². The molecule has 0 bridgehead atoms. The third-order valence-electron chi connectivity index (χ3n) is 4.00. The number of hydrogen-bond donors (Lipinski definition) is 0. The number of rotatable bonds is 7. The highest BCUT2D eigenvalue weighted by Crippen LogP contribution is 2.19. The molecule has 0 heterocycles. The molecule has 0 radical (unpaired) electrons. The number of benzene rings is 3. The Morgan fingerprint density at radius 1 is 0.852 bits per heavy atom. The van der Waals surface area contributed by atoms with Gasteiger partial charge in [0.1, 0.15) is 5.75 Å². The molecule has 0 spiro atoms. The van der Waals surface area contributed by atoms with Gasteiger partial charge in [0.25, 0.3) is 0 Å². The summed E-state index contributed by atoms with van der Waals surface area (Å²) in [4.78, 5) is 24.5. The van der Waals surface area contributed by atoms with Gasteiger partial charge in [0, 0.05) is 16.7 Å². The molecule has 27 heavy (non-hydrogen) atoms. The predicted octanol–water partition coefficient (Wildman–Crippen LogP) is 4.33. The second kappa shape index (κ2) is 8.27. The fourth-order valence-corrected chi connectivity index (χ4v) is 2.53. The van der Waals surface area contributed by atoms with E-state index in [4.69, 9.17) is 9.47 Å². The minimum absolute atomic E-state index is 0.0751.